The van der Waals surface area contributed by atoms with Gasteiger partial charge in [-0.15, -0.1) is 11.3 Å². The number of hydrogen-bond donors (Lipinski definition) is 0. The molecule has 0 N–H and O–H groups in total. The molecule has 0 aromatic carbocycles. The summed E-state index contributed by atoms with van der Waals surface area (Å²) >= 11 is 1.49. The summed E-state index contributed by atoms with van der Waals surface area (Å²) in [5.74, 6) is 0.149. The monoisotopic (exact) mass is 308 g/mol. The Labute approximate surface area is 127 Å². The second-order valence-corrected chi connectivity index (χ2v) is 6.34. The van der Waals surface area contributed by atoms with Gasteiger partial charge in [0.1, 0.15) is 16.7 Å². The van der Waals surface area contributed by atoms with Crippen LogP contribution in [-0.2, 0) is 9.53 Å². The molecule has 1 unspecified atom stereocenters. The highest BCUT2D eigenvalue weighted by molar-refractivity contribution is 7.18. The van der Waals surface area contributed by atoms with Crippen LogP contribution < -0.4 is 5.56 Å². The molecule has 0 fully saturated rings. The summed E-state index contributed by atoms with van der Waals surface area (Å²) in [7, 11) is 0. The summed E-state index contributed by atoms with van der Waals surface area (Å²) in [4.78, 5) is 30.8. The lowest BCUT2D eigenvalue weighted by molar-refractivity contribution is -0.147. The molecule has 0 saturated heterocycles. The van der Waals surface area contributed by atoms with E-state index in [-0.39, 0.29) is 11.5 Å². The standard InChI is InChI=1S/C15H20N2O3S/c1-5-6-7-20-15(19)10(3)17-11(4)16-13-12(14(17)18)8-9(2)21-13/h8,10H,5-7H2,1-4H3. The average Bonchev–Trinajstić information content (AvgIpc) is 2.79. The van der Waals surface area contributed by atoms with E-state index >= 15 is 0 Å². The van der Waals surface area contributed by atoms with Crippen LogP contribution in [0.3, 0.4) is 0 Å². The maximum atomic E-state index is 12.6. The van der Waals surface area contributed by atoms with Crippen molar-refractivity contribution in [3.63, 3.8) is 0 Å². The fourth-order valence-corrected chi connectivity index (χ4v) is 3.13. The quantitative estimate of drug-likeness (QED) is 0.629. The molecule has 0 aliphatic carbocycles. The molecule has 0 aliphatic heterocycles. The van der Waals surface area contributed by atoms with Gasteiger partial charge in [-0.2, -0.15) is 0 Å². The smallest absolute Gasteiger partial charge is 0.329 e. The summed E-state index contributed by atoms with van der Waals surface area (Å²) in [6, 6.07) is 1.16. The molecule has 114 valence electrons. The largest absolute Gasteiger partial charge is 0.464 e. The van der Waals surface area contributed by atoms with E-state index in [1.165, 1.54) is 15.9 Å². The van der Waals surface area contributed by atoms with Crippen molar-refractivity contribution >= 4 is 27.5 Å². The zero-order valence-electron chi connectivity index (χ0n) is 12.8. The highest BCUT2D eigenvalue weighted by Gasteiger charge is 2.22. The zero-order valence-corrected chi connectivity index (χ0v) is 13.6. The van der Waals surface area contributed by atoms with Crippen molar-refractivity contribution in [3.05, 3.63) is 27.1 Å². The number of thiophene rings is 1. The van der Waals surface area contributed by atoms with E-state index in [0.717, 1.165) is 22.5 Å². The van der Waals surface area contributed by atoms with Crippen molar-refractivity contribution in [3.8, 4) is 0 Å². The van der Waals surface area contributed by atoms with Gasteiger partial charge >= 0.3 is 5.97 Å². The molecule has 0 amide bonds. The maximum absolute atomic E-state index is 12.6. The topological polar surface area (TPSA) is 61.2 Å². The Morgan fingerprint density at radius 1 is 1.48 bits per heavy atom. The van der Waals surface area contributed by atoms with Crippen LogP contribution in [0.25, 0.3) is 10.2 Å². The van der Waals surface area contributed by atoms with Crippen molar-refractivity contribution in [1.29, 1.82) is 0 Å². The van der Waals surface area contributed by atoms with Gasteiger partial charge in [-0.05, 0) is 33.3 Å². The Balaban J connectivity index is 2.36. The first-order valence-corrected chi connectivity index (χ1v) is 7.93. The number of hydrogen-bond acceptors (Lipinski definition) is 5. The van der Waals surface area contributed by atoms with Crippen LogP contribution >= 0.6 is 11.3 Å². The molecule has 2 heterocycles. The van der Waals surface area contributed by atoms with Gasteiger partial charge in [0.2, 0.25) is 0 Å². The Hall–Kier alpha value is -1.69. The second kappa shape index (κ2) is 6.39. The number of carbonyl (C=O) groups is 1. The molecule has 0 radical (unpaired) electrons. The van der Waals surface area contributed by atoms with Crippen LogP contribution in [-0.4, -0.2) is 22.1 Å². The SMILES string of the molecule is CCCCOC(=O)C(C)n1c(C)nc2sc(C)cc2c1=O. The third kappa shape index (κ3) is 3.15. The van der Waals surface area contributed by atoms with Crippen molar-refractivity contribution in [1.82, 2.24) is 9.55 Å². The van der Waals surface area contributed by atoms with Crippen LogP contribution in [0.5, 0.6) is 0 Å². The van der Waals surface area contributed by atoms with Gasteiger partial charge in [-0.25, -0.2) is 9.78 Å². The number of unbranched alkanes of at least 4 members (excludes halogenated alkanes) is 1. The summed E-state index contributed by atoms with van der Waals surface area (Å²) in [5.41, 5.74) is -0.179. The van der Waals surface area contributed by atoms with Gasteiger partial charge in [-0.1, -0.05) is 13.3 Å². The number of ether oxygens (including phenoxy) is 1. The molecule has 2 aromatic heterocycles. The van der Waals surface area contributed by atoms with E-state index in [9.17, 15) is 9.59 Å². The van der Waals surface area contributed by atoms with Crippen molar-refractivity contribution < 1.29 is 9.53 Å². The third-order valence-corrected chi connectivity index (χ3v) is 4.31. The fraction of sp³-hybridized carbons (Fsp3) is 0.533. The molecular weight excluding hydrogens is 288 g/mol. The highest BCUT2D eigenvalue weighted by Crippen LogP contribution is 2.21. The summed E-state index contributed by atoms with van der Waals surface area (Å²) in [5, 5.41) is 0.566. The number of rotatable bonds is 5. The van der Waals surface area contributed by atoms with Crippen LogP contribution in [0.15, 0.2) is 10.9 Å². The minimum Gasteiger partial charge on any atom is -0.464 e. The molecule has 0 aliphatic rings. The first kappa shape index (κ1) is 15.7. The van der Waals surface area contributed by atoms with Crippen LogP contribution in [0, 0.1) is 13.8 Å². The summed E-state index contributed by atoms with van der Waals surface area (Å²) < 4.78 is 6.62. The lowest BCUT2D eigenvalue weighted by Crippen LogP contribution is -2.31. The van der Waals surface area contributed by atoms with Gasteiger partial charge < -0.3 is 4.74 Å². The molecule has 1 atom stereocenters. The van der Waals surface area contributed by atoms with E-state index in [4.69, 9.17) is 4.74 Å². The third-order valence-electron chi connectivity index (χ3n) is 3.37. The lowest BCUT2D eigenvalue weighted by atomic mass is 10.3. The van der Waals surface area contributed by atoms with Crippen LogP contribution in [0.4, 0.5) is 0 Å². The average molecular weight is 308 g/mol. The van der Waals surface area contributed by atoms with Gasteiger partial charge in [0.05, 0.1) is 12.0 Å². The lowest BCUT2D eigenvalue weighted by Gasteiger charge is -2.16. The molecule has 5 nitrogen and oxygen atoms in total. The highest BCUT2D eigenvalue weighted by atomic mass is 32.1. The molecule has 21 heavy (non-hydrogen) atoms. The summed E-state index contributed by atoms with van der Waals surface area (Å²) in [6.07, 6.45) is 1.79. The Kier molecular flexibility index (Phi) is 4.77. The molecule has 2 aromatic rings. The number of nitrogens with zero attached hydrogens (tertiary/aromatic N) is 2. The van der Waals surface area contributed by atoms with Gasteiger partial charge in [0.25, 0.3) is 5.56 Å². The maximum Gasteiger partial charge on any atom is 0.329 e. The van der Waals surface area contributed by atoms with E-state index < -0.39 is 6.04 Å². The van der Waals surface area contributed by atoms with Crippen LogP contribution in [0.2, 0.25) is 0 Å². The molecule has 6 heteroatoms. The number of fused-ring (bicyclic) bond motifs is 1. The van der Waals surface area contributed by atoms with Crippen molar-refractivity contribution in [2.24, 2.45) is 0 Å². The molecule has 0 saturated carbocycles. The van der Waals surface area contributed by atoms with E-state index in [1.54, 1.807) is 13.8 Å². The Morgan fingerprint density at radius 2 is 2.19 bits per heavy atom. The Morgan fingerprint density at radius 3 is 2.86 bits per heavy atom. The van der Waals surface area contributed by atoms with E-state index in [0.29, 0.717) is 17.8 Å². The summed E-state index contributed by atoms with van der Waals surface area (Å²) in [6.45, 7) is 7.78. The van der Waals surface area contributed by atoms with Crippen molar-refractivity contribution in [2.75, 3.05) is 6.61 Å². The predicted molar refractivity (Wildman–Crippen MR) is 83.9 cm³/mol. The second-order valence-electron chi connectivity index (χ2n) is 5.11. The number of aryl methyl sites for hydroxylation is 2. The number of aromatic nitrogens is 2. The number of carbonyl (C=O) groups excluding carboxylic acids is 1. The molecule has 2 rings (SSSR count). The van der Waals surface area contributed by atoms with E-state index in [1.807, 2.05) is 19.9 Å². The van der Waals surface area contributed by atoms with Gasteiger partial charge in [0, 0.05) is 4.88 Å². The molecular formula is C15H20N2O3S. The minimum absolute atomic E-state index is 0.179. The zero-order chi connectivity index (χ0) is 15.6. The van der Waals surface area contributed by atoms with E-state index in [2.05, 4.69) is 4.98 Å². The van der Waals surface area contributed by atoms with Crippen LogP contribution in [0.1, 0.15) is 43.4 Å². The Bertz CT molecular complexity index is 718. The minimum atomic E-state index is -0.661. The normalized spacial score (nSPS) is 12.6. The molecule has 0 spiro atoms. The fourth-order valence-electron chi connectivity index (χ4n) is 2.21. The first-order valence-electron chi connectivity index (χ1n) is 7.11. The van der Waals surface area contributed by atoms with Crippen molar-refractivity contribution in [2.45, 2.75) is 46.6 Å². The predicted octanol–water partition coefficient (Wildman–Crippen LogP) is 2.98. The van der Waals surface area contributed by atoms with Gasteiger partial charge in [-0.3, -0.25) is 9.36 Å². The number of esters is 1. The molecule has 0 bridgehead atoms. The van der Waals surface area contributed by atoms with Gasteiger partial charge in [0.15, 0.2) is 0 Å². The first-order chi connectivity index (χ1) is 9.95.